The molecule has 1 N–H and O–H groups in total. The molecular weight excluding hydrogens is 433 g/mol. The standard InChI is InChI=1S/C22H23N3.2ClH.Fe/c1-16-11-17(2)22(18(3)12-16)24-15-21-10-9-20(25-21)14-23-13-19-7-5-4-6-8-19;;;/h4-12,14-15,25H,13H2,1-3H3;2*1H;/q;;;+2/p-2. The molecule has 148 valence electrons. The zero-order chi connectivity index (χ0) is 20.4. The summed E-state index contributed by atoms with van der Waals surface area (Å²) in [4.78, 5) is 12.5. The molecule has 28 heavy (non-hydrogen) atoms. The number of nitrogens with zero attached hydrogens (tertiary/aromatic N) is 2. The molecule has 0 amide bonds. The fourth-order valence-corrected chi connectivity index (χ4v) is 2.92. The Morgan fingerprint density at radius 2 is 1.46 bits per heavy atom. The molecule has 3 nitrogen and oxygen atoms in total. The summed E-state index contributed by atoms with van der Waals surface area (Å²) in [5.74, 6) is 0. The predicted molar refractivity (Wildman–Crippen MR) is 118 cm³/mol. The van der Waals surface area contributed by atoms with Crippen molar-refractivity contribution in [2.45, 2.75) is 27.3 Å². The van der Waals surface area contributed by atoms with Gasteiger partial charge in [-0.3, -0.25) is 9.98 Å². The second-order valence-corrected chi connectivity index (χ2v) is 8.20. The molecule has 0 atom stereocenters. The number of nitrogens with one attached hydrogen (secondary N) is 1. The van der Waals surface area contributed by atoms with Crippen molar-refractivity contribution in [3.05, 3.63) is 88.2 Å². The van der Waals surface area contributed by atoms with Crippen LogP contribution in [-0.4, -0.2) is 17.4 Å². The average Bonchev–Trinajstić information content (AvgIpc) is 3.10. The van der Waals surface area contributed by atoms with Gasteiger partial charge in [0.15, 0.2) is 0 Å². The zero-order valence-electron chi connectivity index (χ0n) is 16.1. The van der Waals surface area contributed by atoms with Crippen LogP contribution in [0.5, 0.6) is 0 Å². The normalized spacial score (nSPS) is 11.2. The Labute approximate surface area is 181 Å². The Bertz CT molecular complexity index is 911. The molecule has 1 heterocycles. The van der Waals surface area contributed by atoms with Crippen LogP contribution in [0.4, 0.5) is 5.69 Å². The van der Waals surface area contributed by atoms with Gasteiger partial charge in [-0.15, -0.1) is 0 Å². The molecule has 0 aliphatic carbocycles. The van der Waals surface area contributed by atoms with Gasteiger partial charge in [0.25, 0.3) is 0 Å². The van der Waals surface area contributed by atoms with Gasteiger partial charge in [0, 0.05) is 6.21 Å². The van der Waals surface area contributed by atoms with Gasteiger partial charge < -0.3 is 4.98 Å². The van der Waals surface area contributed by atoms with E-state index in [1.54, 1.807) is 0 Å². The van der Waals surface area contributed by atoms with Crippen molar-refractivity contribution in [3.8, 4) is 0 Å². The topological polar surface area (TPSA) is 40.5 Å². The van der Waals surface area contributed by atoms with E-state index in [9.17, 15) is 0 Å². The number of H-pyrrole nitrogens is 1. The number of rotatable bonds is 5. The Morgan fingerprint density at radius 1 is 0.893 bits per heavy atom. The Hall–Kier alpha value is -1.84. The van der Waals surface area contributed by atoms with Gasteiger partial charge in [-0.1, -0.05) is 48.0 Å². The first kappa shape index (κ1) is 22.4. The van der Waals surface area contributed by atoms with Crippen LogP contribution in [0.2, 0.25) is 0 Å². The maximum absolute atomic E-state index is 4.76. The van der Waals surface area contributed by atoms with Crippen molar-refractivity contribution in [1.82, 2.24) is 4.98 Å². The Balaban J connectivity index is 0.000000878. The van der Waals surface area contributed by atoms with Crippen molar-refractivity contribution >= 4 is 38.3 Å². The molecule has 0 saturated carbocycles. The third-order valence-electron chi connectivity index (χ3n) is 4.05. The minimum absolute atomic E-state index is 0.194. The van der Waals surface area contributed by atoms with E-state index < -0.39 is 0 Å². The van der Waals surface area contributed by atoms with E-state index in [1.807, 2.05) is 42.8 Å². The molecule has 0 spiro atoms. The van der Waals surface area contributed by atoms with Crippen LogP contribution in [0.1, 0.15) is 33.6 Å². The minimum atomic E-state index is 0.194. The van der Waals surface area contributed by atoms with Crippen molar-refractivity contribution < 1.29 is 13.1 Å². The number of hydrogen-bond donors (Lipinski definition) is 1. The van der Waals surface area contributed by atoms with Crippen LogP contribution >= 0.6 is 20.2 Å². The number of hydrogen-bond acceptors (Lipinski definition) is 2. The van der Waals surface area contributed by atoms with Crippen LogP contribution in [0.15, 0.2) is 64.6 Å². The van der Waals surface area contributed by atoms with Gasteiger partial charge in [0.05, 0.1) is 29.8 Å². The maximum atomic E-state index is 4.76. The summed E-state index contributed by atoms with van der Waals surface area (Å²) in [6.45, 7) is 7.00. The predicted octanol–water partition coefficient (Wildman–Crippen LogP) is 6.69. The molecular formula is C22H23Cl2FeN3. The fourth-order valence-electron chi connectivity index (χ4n) is 2.92. The summed E-state index contributed by atoms with van der Waals surface area (Å²) in [7, 11) is 9.53. The molecule has 2 aromatic carbocycles. The molecule has 0 unspecified atom stereocenters. The summed E-state index contributed by atoms with van der Waals surface area (Å²) in [5, 5.41) is 0. The summed E-state index contributed by atoms with van der Waals surface area (Å²) < 4.78 is 0. The van der Waals surface area contributed by atoms with Gasteiger partial charge in [-0.2, -0.15) is 0 Å². The second-order valence-electron chi connectivity index (χ2n) is 6.38. The Morgan fingerprint density at radius 3 is 2.07 bits per heavy atom. The van der Waals surface area contributed by atoms with Gasteiger partial charge in [0.1, 0.15) is 0 Å². The second kappa shape index (κ2) is 11.9. The molecule has 0 bridgehead atoms. The molecule has 3 aromatic rings. The molecule has 6 heteroatoms. The van der Waals surface area contributed by atoms with Gasteiger partial charge >= 0.3 is 33.3 Å². The number of halogens is 2. The molecule has 0 saturated heterocycles. The first-order valence-corrected chi connectivity index (χ1v) is 11.8. The van der Waals surface area contributed by atoms with E-state index in [0.29, 0.717) is 6.54 Å². The summed E-state index contributed by atoms with van der Waals surface area (Å²) >= 11 is 0.194. The summed E-state index contributed by atoms with van der Waals surface area (Å²) in [5.41, 5.74) is 7.87. The third kappa shape index (κ3) is 7.29. The molecule has 0 aliphatic rings. The monoisotopic (exact) mass is 455 g/mol. The quantitative estimate of drug-likeness (QED) is 0.329. The molecule has 1 aromatic heterocycles. The van der Waals surface area contributed by atoms with E-state index >= 15 is 0 Å². The van der Waals surface area contributed by atoms with E-state index in [2.05, 4.69) is 60.0 Å². The van der Waals surface area contributed by atoms with Gasteiger partial charge in [-0.05, 0) is 49.6 Å². The molecule has 0 fully saturated rings. The van der Waals surface area contributed by atoms with Crippen LogP contribution < -0.4 is 0 Å². The van der Waals surface area contributed by atoms with Crippen molar-refractivity contribution in [1.29, 1.82) is 0 Å². The van der Waals surface area contributed by atoms with E-state index in [0.717, 1.165) is 17.1 Å². The zero-order valence-corrected chi connectivity index (χ0v) is 18.7. The van der Waals surface area contributed by atoms with E-state index in [4.69, 9.17) is 20.2 Å². The van der Waals surface area contributed by atoms with Crippen molar-refractivity contribution in [3.63, 3.8) is 0 Å². The van der Waals surface area contributed by atoms with Crippen LogP contribution in [0.25, 0.3) is 0 Å². The Kier molecular flexibility index (Phi) is 9.52. The third-order valence-corrected chi connectivity index (χ3v) is 4.05. The van der Waals surface area contributed by atoms with Crippen LogP contribution in [-0.2, 0) is 19.7 Å². The average molecular weight is 456 g/mol. The first-order valence-electron chi connectivity index (χ1n) is 8.73. The molecule has 3 rings (SSSR count). The number of aromatic amines is 1. The van der Waals surface area contributed by atoms with E-state index in [1.165, 1.54) is 22.3 Å². The summed E-state index contributed by atoms with van der Waals surface area (Å²) in [6, 6.07) is 18.6. The SMILES string of the molecule is Cc1cc(C)c(N=Cc2ccc(C=NCc3ccccc3)[nH]2)c(C)c1.[Cl][Fe][Cl]. The number of aromatic nitrogens is 1. The van der Waals surface area contributed by atoms with Crippen LogP contribution in [0, 0.1) is 20.8 Å². The summed E-state index contributed by atoms with van der Waals surface area (Å²) in [6.07, 6.45) is 3.74. The fraction of sp³-hybridized carbons (Fsp3) is 0.182. The van der Waals surface area contributed by atoms with Crippen molar-refractivity contribution in [2.75, 3.05) is 0 Å². The molecule has 0 aliphatic heterocycles. The van der Waals surface area contributed by atoms with Gasteiger partial charge in [0.2, 0.25) is 0 Å². The van der Waals surface area contributed by atoms with Crippen LogP contribution in [0.3, 0.4) is 0 Å². The van der Waals surface area contributed by atoms with E-state index in [-0.39, 0.29) is 13.1 Å². The number of benzene rings is 2. The van der Waals surface area contributed by atoms with Crippen molar-refractivity contribution in [2.24, 2.45) is 9.98 Å². The number of aryl methyl sites for hydroxylation is 3. The first-order chi connectivity index (χ1) is 13.5. The number of aliphatic imine (C=N–C) groups is 2. The van der Waals surface area contributed by atoms with Gasteiger partial charge in [-0.25, -0.2) is 0 Å². The molecule has 0 radical (unpaired) electrons.